The van der Waals surface area contributed by atoms with E-state index in [1.54, 1.807) is 6.07 Å². The third-order valence-corrected chi connectivity index (χ3v) is 2.64. The lowest BCUT2D eigenvalue weighted by Crippen LogP contribution is -2.33. The van der Waals surface area contributed by atoms with Gasteiger partial charge in [0.05, 0.1) is 0 Å². The zero-order chi connectivity index (χ0) is 11.6. The summed E-state index contributed by atoms with van der Waals surface area (Å²) in [6, 6.07) is 4.58. The van der Waals surface area contributed by atoms with Crippen LogP contribution in [-0.4, -0.2) is 22.2 Å². The molecule has 0 aromatic heterocycles. The van der Waals surface area contributed by atoms with Crippen LogP contribution in [-0.2, 0) is 4.79 Å². The van der Waals surface area contributed by atoms with Gasteiger partial charge in [-0.05, 0) is 33.6 Å². The maximum Gasteiger partial charge on any atom is 0.249 e. The van der Waals surface area contributed by atoms with E-state index >= 15 is 0 Å². The van der Waals surface area contributed by atoms with Crippen LogP contribution >= 0.6 is 15.9 Å². The Bertz CT molecular complexity index is 384. The van der Waals surface area contributed by atoms with E-state index in [4.69, 9.17) is 11.5 Å². The van der Waals surface area contributed by atoms with Gasteiger partial charge in [-0.25, -0.2) is 0 Å². The second-order valence-electron chi connectivity index (χ2n) is 3.07. The molecule has 1 rings (SSSR count). The van der Waals surface area contributed by atoms with Gasteiger partial charge in [-0.3, -0.25) is 4.79 Å². The minimum Gasteiger partial charge on any atom is -0.398 e. The number of aliphatic hydroxyl groups excluding tert-OH is 2. The Hall–Kier alpha value is -1.11. The molecule has 2 unspecified atom stereocenters. The summed E-state index contributed by atoms with van der Waals surface area (Å²) in [5, 5.41) is 18.8. The lowest BCUT2D eigenvalue weighted by Gasteiger charge is -2.15. The number of hydrogen-bond donors (Lipinski definition) is 4. The number of carbonyl (C=O) groups excluding carboxylic acids is 1. The van der Waals surface area contributed by atoms with Gasteiger partial charge in [-0.15, -0.1) is 0 Å². The first-order valence-corrected chi connectivity index (χ1v) is 4.93. The fourth-order valence-electron chi connectivity index (χ4n) is 1.07. The summed E-state index contributed by atoms with van der Waals surface area (Å²) >= 11 is 3.17. The molecular weight excluding hydrogens is 264 g/mol. The standard InChI is InChI=1S/C9H11BrN2O3/c10-5-3-4(1-2-6(5)11)7(13)8(14)9(12)15/h1-3,7-8,13-14H,11H2,(H2,12,15). The maximum atomic E-state index is 10.6. The summed E-state index contributed by atoms with van der Waals surface area (Å²) in [4.78, 5) is 10.6. The molecule has 0 bridgehead atoms. The van der Waals surface area contributed by atoms with Gasteiger partial charge >= 0.3 is 0 Å². The minimum atomic E-state index is -1.62. The van der Waals surface area contributed by atoms with Crippen molar-refractivity contribution in [2.45, 2.75) is 12.2 Å². The molecule has 0 saturated carbocycles. The van der Waals surface area contributed by atoms with E-state index in [2.05, 4.69) is 15.9 Å². The van der Waals surface area contributed by atoms with Crippen LogP contribution in [0.25, 0.3) is 0 Å². The van der Waals surface area contributed by atoms with E-state index in [-0.39, 0.29) is 0 Å². The Morgan fingerprint density at radius 3 is 2.47 bits per heavy atom. The first-order valence-electron chi connectivity index (χ1n) is 4.14. The topological polar surface area (TPSA) is 110 Å². The minimum absolute atomic E-state index is 0.363. The molecule has 2 atom stereocenters. The number of amides is 1. The third-order valence-electron chi connectivity index (χ3n) is 1.96. The van der Waals surface area contributed by atoms with E-state index in [0.717, 1.165) is 0 Å². The lowest BCUT2D eigenvalue weighted by atomic mass is 10.0. The van der Waals surface area contributed by atoms with Gasteiger partial charge in [0.15, 0.2) is 6.10 Å². The molecule has 1 aromatic carbocycles. The molecule has 0 saturated heterocycles. The fourth-order valence-corrected chi connectivity index (χ4v) is 1.46. The molecule has 0 spiro atoms. The summed E-state index contributed by atoms with van der Waals surface area (Å²) in [6.45, 7) is 0. The van der Waals surface area contributed by atoms with Crippen LogP contribution in [0.15, 0.2) is 22.7 Å². The number of nitrogens with two attached hydrogens (primary N) is 2. The highest BCUT2D eigenvalue weighted by atomic mass is 79.9. The van der Waals surface area contributed by atoms with Crippen LogP contribution in [0.1, 0.15) is 11.7 Å². The van der Waals surface area contributed by atoms with E-state index in [9.17, 15) is 15.0 Å². The normalized spacial score (nSPS) is 14.6. The van der Waals surface area contributed by atoms with Gasteiger partial charge in [-0.1, -0.05) is 6.07 Å². The quantitative estimate of drug-likeness (QED) is 0.578. The number of hydrogen-bond acceptors (Lipinski definition) is 4. The lowest BCUT2D eigenvalue weighted by molar-refractivity contribution is -0.131. The van der Waals surface area contributed by atoms with Crippen LogP contribution in [0.4, 0.5) is 5.69 Å². The molecule has 6 N–H and O–H groups in total. The molecule has 82 valence electrons. The van der Waals surface area contributed by atoms with Crippen LogP contribution in [0, 0.1) is 0 Å². The van der Waals surface area contributed by atoms with Crippen LogP contribution in [0.2, 0.25) is 0 Å². The molecule has 15 heavy (non-hydrogen) atoms. The van der Waals surface area contributed by atoms with Gasteiger partial charge < -0.3 is 21.7 Å². The van der Waals surface area contributed by atoms with Gasteiger partial charge in [0.25, 0.3) is 0 Å². The van der Waals surface area contributed by atoms with E-state index in [1.807, 2.05) is 0 Å². The van der Waals surface area contributed by atoms with Gasteiger partial charge in [0, 0.05) is 10.2 Å². The Balaban J connectivity index is 2.96. The van der Waals surface area contributed by atoms with Gasteiger partial charge in [-0.2, -0.15) is 0 Å². The van der Waals surface area contributed by atoms with E-state index in [1.165, 1.54) is 12.1 Å². The molecule has 1 amide bonds. The molecular formula is C9H11BrN2O3. The summed E-state index contributed by atoms with van der Waals surface area (Å²) in [7, 11) is 0. The maximum absolute atomic E-state index is 10.6. The number of carbonyl (C=O) groups is 1. The van der Waals surface area contributed by atoms with Crippen molar-refractivity contribution in [3.8, 4) is 0 Å². The van der Waals surface area contributed by atoms with Gasteiger partial charge in [0.1, 0.15) is 6.10 Å². The second-order valence-corrected chi connectivity index (χ2v) is 3.93. The number of nitrogen functional groups attached to an aromatic ring is 1. The van der Waals surface area contributed by atoms with Crippen molar-refractivity contribution >= 4 is 27.5 Å². The number of aliphatic hydroxyl groups is 2. The summed E-state index contributed by atoms with van der Waals surface area (Å²) in [6.07, 6.45) is -2.97. The molecule has 5 nitrogen and oxygen atoms in total. The average molecular weight is 275 g/mol. The highest BCUT2D eigenvalue weighted by molar-refractivity contribution is 9.10. The number of benzene rings is 1. The molecule has 0 radical (unpaired) electrons. The zero-order valence-electron chi connectivity index (χ0n) is 7.72. The van der Waals surface area contributed by atoms with Crippen molar-refractivity contribution in [2.24, 2.45) is 5.73 Å². The largest absolute Gasteiger partial charge is 0.398 e. The first-order chi connectivity index (χ1) is 6.93. The summed E-state index contributed by atoms with van der Waals surface area (Å²) in [5.41, 5.74) is 11.3. The van der Waals surface area contributed by atoms with E-state index in [0.29, 0.717) is 15.7 Å². The van der Waals surface area contributed by atoms with Crippen molar-refractivity contribution in [1.29, 1.82) is 0 Å². The highest BCUT2D eigenvalue weighted by Crippen LogP contribution is 2.25. The van der Waals surface area contributed by atoms with Crippen LogP contribution < -0.4 is 11.5 Å². The smallest absolute Gasteiger partial charge is 0.249 e. The molecule has 1 aromatic rings. The highest BCUT2D eigenvalue weighted by Gasteiger charge is 2.23. The molecule has 0 heterocycles. The average Bonchev–Trinajstić information content (AvgIpc) is 2.19. The van der Waals surface area contributed by atoms with Crippen molar-refractivity contribution in [1.82, 2.24) is 0 Å². The molecule has 0 aliphatic heterocycles. The molecule has 6 heteroatoms. The van der Waals surface area contributed by atoms with Crippen molar-refractivity contribution in [3.63, 3.8) is 0 Å². The predicted molar refractivity (Wildman–Crippen MR) is 58.7 cm³/mol. The van der Waals surface area contributed by atoms with E-state index < -0.39 is 18.1 Å². The predicted octanol–water partition coefficient (Wildman–Crippen LogP) is -0.0891. The zero-order valence-corrected chi connectivity index (χ0v) is 9.31. The summed E-state index contributed by atoms with van der Waals surface area (Å²) in [5.74, 6) is -0.976. The van der Waals surface area contributed by atoms with Crippen molar-refractivity contribution < 1.29 is 15.0 Å². The molecule has 0 aliphatic rings. The monoisotopic (exact) mass is 274 g/mol. The number of primary amides is 1. The molecule has 0 aliphatic carbocycles. The van der Waals surface area contributed by atoms with Crippen molar-refractivity contribution in [3.05, 3.63) is 28.2 Å². The Kier molecular flexibility index (Phi) is 3.67. The van der Waals surface area contributed by atoms with Crippen LogP contribution in [0.5, 0.6) is 0 Å². The van der Waals surface area contributed by atoms with Gasteiger partial charge in [0.2, 0.25) is 5.91 Å². The Morgan fingerprint density at radius 1 is 1.40 bits per heavy atom. The van der Waals surface area contributed by atoms with Crippen LogP contribution in [0.3, 0.4) is 0 Å². The number of anilines is 1. The summed E-state index contributed by atoms with van der Waals surface area (Å²) < 4.78 is 0.579. The third kappa shape index (κ3) is 2.68. The fraction of sp³-hybridized carbons (Fsp3) is 0.222. The number of halogens is 1. The first kappa shape index (κ1) is 12.0. The Labute approximate surface area is 94.8 Å². The SMILES string of the molecule is NC(=O)C(O)C(O)c1ccc(N)c(Br)c1. The van der Waals surface area contributed by atoms with Crippen molar-refractivity contribution in [2.75, 3.05) is 5.73 Å². The molecule has 0 fully saturated rings. The number of rotatable bonds is 3. The second kappa shape index (κ2) is 4.61. The Morgan fingerprint density at radius 2 is 2.00 bits per heavy atom.